The first-order valence-corrected chi connectivity index (χ1v) is 5.59. The zero-order valence-corrected chi connectivity index (χ0v) is 9.91. The zero-order chi connectivity index (χ0) is 10.6. The van der Waals surface area contributed by atoms with Crippen molar-refractivity contribution in [1.29, 1.82) is 0 Å². The molecule has 1 unspecified atom stereocenters. The van der Waals surface area contributed by atoms with Crippen molar-refractivity contribution in [3.63, 3.8) is 0 Å². The minimum Gasteiger partial charge on any atom is -0.360 e. The Bertz CT molecular complexity index is 223. The molecule has 0 saturated heterocycles. The van der Waals surface area contributed by atoms with Gasteiger partial charge in [0.1, 0.15) is 0 Å². The highest BCUT2D eigenvalue weighted by Gasteiger charge is 2.30. The third-order valence-corrected chi connectivity index (χ3v) is 2.97. The van der Waals surface area contributed by atoms with Crippen molar-refractivity contribution < 1.29 is 0 Å². The van der Waals surface area contributed by atoms with Gasteiger partial charge in [-0.25, -0.2) is 0 Å². The molecule has 0 aromatic rings. The lowest BCUT2D eigenvalue weighted by Crippen LogP contribution is -2.41. The molecular weight excluding hydrogens is 192 g/mol. The standard InChI is InChI=1S/C11H20N2S/c1-4-7-12-10(14)13-9-5-6-11(2,3)8-9/h4,9H,1,5-8H2,2-3H3,(H2,12,13,14). The highest BCUT2D eigenvalue weighted by Crippen LogP contribution is 2.36. The molecule has 0 heterocycles. The van der Waals surface area contributed by atoms with Gasteiger partial charge in [0.15, 0.2) is 5.11 Å². The quantitative estimate of drug-likeness (QED) is 0.554. The SMILES string of the molecule is C=CCNC(=S)NC1CCC(C)(C)C1. The lowest BCUT2D eigenvalue weighted by molar-refractivity contribution is 0.372. The van der Waals surface area contributed by atoms with Crippen LogP contribution in [0.25, 0.3) is 0 Å². The second kappa shape index (κ2) is 4.78. The third kappa shape index (κ3) is 3.66. The van der Waals surface area contributed by atoms with Crippen LogP contribution >= 0.6 is 12.2 Å². The van der Waals surface area contributed by atoms with Crippen molar-refractivity contribution in [2.75, 3.05) is 6.54 Å². The van der Waals surface area contributed by atoms with Crippen LogP contribution in [0, 0.1) is 5.41 Å². The summed E-state index contributed by atoms with van der Waals surface area (Å²) in [6.45, 7) is 9.00. The van der Waals surface area contributed by atoms with Gasteiger partial charge >= 0.3 is 0 Å². The smallest absolute Gasteiger partial charge is 0.166 e. The van der Waals surface area contributed by atoms with Crippen molar-refractivity contribution in [1.82, 2.24) is 10.6 Å². The van der Waals surface area contributed by atoms with Crippen LogP contribution in [0.4, 0.5) is 0 Å². The molecule has 14 heavy (non-hydrogen) atoms. The normalized spacial score (nSPS) is 24.3. The highest BCUT2D eigenvalue weighted by molar-refractivity contribution is 7.80. The molecule has 0 bridgehead atoms. The van der Waals surface area contributed by atoms with Gasteiger partial charge in [-0.2, -0.15) is 0 Å². The molecule has 0 aliphatic heterocycles. The summed E-state index contributed by atoms with van der Waals surface area (Å²) in [5.74, 6) is 0. The largest absolute Gasteiger partial charge is 0.360 e. The first kappa shape index (κ1) is 11.5. The fraction of sp³-hybridized carbons (Fsp3) is 0.727. The number of hydrogen-bond donors (Lipinski definition) is 2. The van der Waals surface area contributed by atoms with E-state index in [0.29, 0.717) is 11.5 Å². The topological polar surface area (TPSA) is 24.1 Å². The Balaban J connectivity index is 2.25. The molecule has 0 aromatic carbocycles. The second-order valence-corrected chi connectivity index (χ2v) is 5.16. The van der Waals surface area contributed by atoms with E-state index in [4.69, 9.17) is 12.2 Å². The van der Waals surface area contributed by atoms with Gasteiger partial charge in [0.05, 0.1) is 0 Å². The van der Waals surface area contributed by atoms with E-state index in [0.717, 1.165) is 11.7 Å². The molecule has 1 fully saturated rings. The Labute approximate surface area is 92.2 Å². The Kier molecular flexibility index (Phi) is 3.93. The monoisotopic (exact) mass is 212 g/mol. The van der Waals surface area contributed by atoms with Gasteiger partial charge in [0, 0.05) is 12.6 Å². The van der Waals surface area contributed by atoms with Gasteiger partial charge in [-0.1, -0.05) is 19.9 Å². The molecule has 0 aromatic heterocycles. The highest BCUT2D eigenvalue weighted by atomic mass is 32.1. The van der Waals surface area contributed by atoms with Crippen LogP contribution in [0.15, 0.2) is 12.7 Å². The molecule has 80 valence electrons. The van der Waals surface area contributed by atoms with Gasteiger partial charge in [0.25, 0.3) is 0 Å². The van der Waals surface area contributed by atoms with Crippen molar-refractivity contribution >= 4 is 17.3 Å². The van der Waals surface area contributed by atoms with E-state index in [1.807, 2.05) is 6.08 Å². The lowest BCUT2D eigenvalue weighted by atomic mass is 9.92. The van der Waals surface area contributed by atoms with Crippen LogP contribution < -0.4 is 10.6 Å². The lowest BCUT2D eigenvalue weighted by Gasteiger charge is -2.19. The van der Waals surface area contributed by atoms with Crippen molar-refractivity contribution in [3.05, 3.63) is 12.7 Å². The number of thiocarbonyl (C=S) groups is 1. The van der Waals surface area contributed by atoms with Crippen LogP contribution in [0.2, 0.25) is 0 Å². The second-order valence-electron chi connectivity index (χ2n) is 4.75. The number of rotatable bonds is 3. The van der Waals surface area contributed by atoms with Gasteiger partial charge in [0.2, 0.25) is 0 Å². The zero-order valence-electron chi connectivity index (χ0n) is 9.10. The van der Waals surface area contributed by atoms with Crippen LogP contribution in [-0.4, -0.2) is 17.7 Å². The molecule has 1 aliphatic rings. The van der Waals surface area contributed by atoms with E-state index in [9.17, 15) is 0 Å². The van der Waals surface area contributed by atoms with E-state index >= 15 is 0 Å². The maximum absolute atomic E-state index is 5.16. The molecule has 1 aliphatic carbocycles. The molecule has 3 heteroatoms. The summed E-state index contributed by atoms with van der Waals surface area (Å²) in [6.07, 6.45) is 5.53. The van der Waals surface area contributed by atoms with Crippen LogP contribution in [0.3, 0.4) is 0 Å². The average Bonchev–Trinajstić information content (AvgIpc) is 2.42. The molecule has 1 rings (SSSR count). The summed E-state index contributed by atoms with van der Waals surface area (Å²) in [4.78, 5) is 0. The molecule has 0 spiro atoms. The first-order chi connectivity index (χ1) is 6.53. The molecule has 1 saturated carbocycles. The Morgan fingerprint density at radius 1 is 1.64 bits per heavy atom. The number of hydrogen-bond acceptors (Lipinski definition) is 1. The summed E-state index contributed by atoms with van der Waals surface area (Å²) < 4.78 is 0. The molecule has 0 amide bonds. The maximum atomic E-state index is 5.16. The predicted octanol–water partition coefficient (Wildman–Crippen LogP) is 2.22. The summed E-state index contributed by atoms with van der Waals surface area (Å²) >= 11 is 5.16. The summed E-state index contributed by atoms with van der Waals surface area (Å²) in [7, 11) is 0. The van der Waals surface area contributed by atoms with E-state index in [1.54, 1.807) is 0 Å². The van der Waals surface area contributed by atoms with Crippen LogP contribution in [0.1, 0.15) is 33.1 Å². The van der Waals surface area contributed by atoms with Crippen molar-refractivity contribution in [3.8, 4) is 0 Å². The third-order valence-electron chi connectivity index (χ3n) is 2.71. The van der Waals surface area contributed by atoms with Crippen LogP contribution in [0.5, 0.6) is 0 Å². The van der Waals surface area contributed by atoms with E-state index in [2.05, 4.69) is 31.1 Å². The summed E-state index contributed by atoms with van der Waals surface area (Å²) in [5.41, 5.74) is 0.478. The molecule has 1 atom stereocenters. The fourth-order valence-electron chi connectivity index (χ4n) is 1.96. The van der Waals surface area contributed by atoms with E-state index in [1.165, 1.54) is 19.3 Å². The van der Waals surface area contributed by atoms with Gasteiger partial charge < -0.3 is 10.6 Å². The predicted molar refractivity (Wildman–Crippen MR) is 65.4 cm³/mol. The van der Waals surface area contributed by atoms with Gasteiger partial charge in [-0.05, 0) is 36.9 Å². The molecule has 2 N–H and O–H groups in total. The fourth-order valence-corrected chi connectivity index (χ4v) is 2.21. The maximum Gasteiger partial charge on any atom is 0.166 e. The Hall–Kier alpha value is -0.570. The molecule has 2 nitrogen and oxygen atoms in total. The minimum atomic E-state index is 0.478. The minimum absolute atomic E-state index is 0.478. The van der Waals surface area contributed by atoms with Crippen LogP contribution in [-0.2, 0) is 0 Å². The van der Waals surface area contributed by atoms with Crippen molar-refractivity contribution in [2.45, 2.75) is 39.2 Å². The summed E-state index contributed by atoms with van der Waals surface area (Å²) in [5, 5.41) is 7.19. The van der Waals surface area contributed by atoms with Gasteiger partial charge in [-0.3, -0.25) is 0 Å². The van der Waals surface area contributed by atoms with Crippen molar-refractivity contribution in [2.24, 2.45) is 5.41 Å². The van der Waals surface area contributed by atoms with E-state index in [-0.39, 0.29) is 0 Å². The number of nitrogens with one attached hydrogen (secondary N) is 2. The van der Waals surface area contributed by atoms with E-state index < -0.39 is 0 Å². The Morgan fingerprint density at radius 3 is 2.86 bits per heavy atom. The average molecular weight is 212 g/mol. The molecule has 0 radical (unpaired) electrons. The first-order valence-electron chi connectivity index (χ1n) is 5.19. The van der Waals surface area contributed by atoms with Gasteiger partial charge in [-0.15, -0.1) is 6.58 Å². The summed E-state index contributed by atoms with van der Waals surface area (Å²) in [6, 6.07) is 0.551. The Morgan fingerprint density at radius 2 is 2.36 bits per heavy atom. The molecular formula is C11H20N2S.